The van der Waals surface area contributed by atoms with Gasteiger partial charge in [-0.15, -0.1) is 12.3 Å². The Morgan fingerprint density at radius 1 is 1.00 bits per heavy atom. The van der Waals surface area contributed by atoms with Gasteiger partial charge in [-0.1, -0.05) is 39.0 Å². The van der Waals surface area contributed by atoms with Crippen LogP contribution in [0.25, 0.3) is 0 Å². The molecule has 0 spiro atoms. The van der Waals surface area contributed by atoms with Gasteiger partial charge in [-0.05, 0) is 6.42 Å². The molecule has 0 N–H and O–H groups in total. The van der Waals surface area contributed by atoms with Gasteiger partial charge in [0.1, 0.15) is 0 Å². The van der Waals surface area contributed by atoms with Gasteiger partial charge in [0, 0.05) is 28.8 Å². The summed E-state index contributed by atoms with van der Waals surface area (Å²) in [5, 5.41) is 0. The first-order valence-corrected chi connectivity index (χ1v) is 4.35. The van der Waals surface area contributed by atoms with E-state index in [4.69, 9.17) is 6.42 Å². The number of unbranched alkanes of at least 4 members (excludes halogenated alkanes) is 6. The summed E-state index contributed by atoms with van der Waals surface area (Å²) in [6.45, 7) is 2.24. The zero-order valence-electron chi connectivity index (χ0n) is 7.33. The maximum atomic E-state index is 5.12. The maximum Gasteiger partial charge on any atom is 0.00860 e. The van der Waals surface area contributed by atoms with Crippen LogP contribution in [0.1, 0.15) is 51.9 Å². The maximum absolute atomic E-state index is 5.12. The molecule has 0 aromatic heterocycles. The molecule has 1 heteroatoms. The molecule has 0 rings (SSSR count). The van der Waals surface area contributed by atoms with Crippen LogP contribution in [-0.4, -0.2) is 0 Å². The van der Waals surface area contributed by atoms with Gasteiger partial charge in [0.25, 0.3) is 0 Å². The van der Waals surface area contributed by atoms with Crippen LogP contribution in [0.4, 0.5) is 0 Å². The van der Waals surface area contributed by atoms with Gasteiger partial charge < -0.3 is 0 Å². The third kappa shape index (κ3) is 13.3. The van der Waals surface area contributed by atoms with Crippen LogP contribution in [0.2, 0.25) is 0 Å². The topological polar surface area (TPSA) is 0 Å². The zero-order valence-corrected chi connectivity index (χ0v) is 9.50. The molecule has 0 aliphatic rings. The quantitative estimate of drug-likeness (QED) is 0.397. The van der Waals surface area contributed by atoms with E-state index in [1.165, 1.54) is 38.5 Å². The monoisotopic (exact) mass is 335 g/mol. The Labute approximate surface area is 86.7 Å². The molecular weight excluding hydrogens is 317 g/mol. The number of terminal acetylenes is 1. The molecule has 0 amide bonds. The SMILES string of the molecule is C#CCCCCCCCC.[Au]. The van der Waals surface area contributed by atoms with E-state index in [0.717, 1.165) is 6.42 Å². The minimum atomic E-state index is 0. The summed E-state index contributed by atoms with van der Waals surface area (Å²) in [7, 11) is 0. The summed E-state index contributed by atoms with van der Waals surface area (Å²) < 4.78 is 0. The van der Waals surface area contributed by atoms with Crippen molar-refractivity contribution in [1.82, 2.24) is 0 Å². The normalized spacial score (nSPS) is 8.36. The minimum Gasteiger partial charge on any atom is -0.120 e. The van der Waals surface area contributed by atoms with Gasteiger partial charge in [0.2, 0.25) is 0 Å². The first-order valence-electron chi connectivity index (χ1n) is 4.35. The van der Waals surface area contributed by atoms with Crippen molar-refractivity contribution in [3.63, 3.8) is 0 Å². The van der Waals surface area contributed by atoms with Crippen LogP contribution in [0, 0.1) is 12.3 Å². The fraction of sp³-hybridized carbons (Fsp3) is 0.800. The summed E-state index contributed by atoms with van der Waals surface area (Å²) in [5.41, 5.74) is 0. The number of rotatable bonds is 6. The Morgan fingerprint density at radius 3 is 2.09 bits per heavy atom. The molecule has 0 aliphatic heterocycles. The average Bonchev–Trinajstić information content (AvgIpc) is 1.97. The number of hydrogen-bond donors (Lipinski definition) is 0. The smallest absolute Gasteiger partial charge is 0.00860 e. The molecule has 0 saturated carbocycles. The second kappa shape index (κ2) is 12.9. The van der Waals surface area contributed by atoms with Crippen molar-refractivity contribution in [1.29, 1.82) is 0 Å². The second-order valence-corrected chi connectivity index (χ2v) is 2.72. The molecule has 0 aliphatic carbocycles. The summed E-state index contributed by atoms with van der Waals surface area (Å²) in [6.07, 6.45) is 14.1. The van der Waals surface area contributed by atoms with Crippen LogP contribution in [0.3, 0.4) is 0 Å². The molecule has 1 radical (unpaired) electrons. The van der Waals surface area contributed by atoms with Gasteiger partial charge in [0.15, 0.2) is 0 Å². The molecular formula is C10H18Au. The van der Waals surface area contributed by atoms with E-state index >= 15 is 0 Å². The van der Waals surface area contributed by atoms with Crippen molar-refractivity contribution in [2.45, 2.75) is 51.9 Å². The largest absolute Gasteiger partial charge is 0.120 e. The predicted molar refractivity (Wildman–Crippen MR) is 46.8 cm³/mol. The van der Waals surface area contributed by atoms with Crippen molar-refractivity contribution in [3.8, 4) is 12.3 Å². The third-order valence-electron chi connectivity index (χ3n) is 1.67. The van der Waals surface area contributed by atoms with Crippen molar-refractivity contribution in [3.05, 3.63) is 0 Å². The Bertz CT molecular complexity index is 91.5. The fourth-order valence-electron chi connectivity index (χ4n) is 1.01. The molecule has 0 aromatic rings. The Morgan fingerprint density at radius 2 is 1.55 bits per heavy atom. The first kappa shape index (κ1) is 13.9. The average molecular weight is 335 g/mol. The van der Waals surface area contributed by atoms with Crippen molar-refractivity contribution in [2.75, 3.05) is 0 Å². The Balaban J connectivity index is 0. The van der Waals surface area contributed by atoms with Gasteiger partial charge in [0.05, 0.1) is 0 Å². The fourth-order valence-corrected chi connectivity index (χ4v) is 1.01. The van der Waals surface area contributed by atoms with E-state index in [1.807, 2.05) is 0 Å². The van der Waals surface area contributed by atoms with E-state index in [2.05, 4.69) is 12.8 Å². The van der Waals surface area contributed by atoms with E-state index in [0.29, 0.717) is 0 Å². The van der Waals surface area contributed by atoms with Gasteiger partial charge >= 0.3 is 0 Å². The minimum absolute atomic E-state index is 0. The summed E-state index contributed by atoms with van der Waals surface area (Å²) in [6, 6.07) is 0. The number of hydrogen-bond acceptors (Lipinski definition) is 0. The Hall–Kier alpha value is 0.300. The van der Waals surface area contributed by atoms with Crippen molar-refractivity contribution >= 4 is 0 Å². The molecule has 0 bridgehead atoms. The first-order chi connectivity index (χ1) is 4.91. The molecule has 0 fully saturated rings. The van der Waals surface area contributed by atoms with Crippen LogP contribution in [0.15, 0.2) is 0 Å². The summed E-state index contributed by atoms with van der Waals surface area (Å²) in [5.74, 6) is 2.66. The van der Waals surface area contributed by atoms with Gasteiger partial charge in [-0.2, -0.15) is 0 Å². The molecule has 0 nitrogen and oxygen atoms in total. The zero-order chi connectivity index (χ0) is 7.66. The molecule has 69 valence electrons. The van der Waals surface area contributed by atoms with Crippen molar-refractivity contribution < 1.29 is 22.4 Å². The van der Waals surface area contributed by atoms with Crippen LogP contribution >= 0.6 is 0 Å². The molecule has 0 aromatic carbocycles. The Kier molecular flexibility index (Phi) is 16.3. The van der Waals surface area contributed by atoms with Crippen LogP contribution in [0.5, 0.6) is 0 Å². The molecule has 0 atom stereocenters. The third-order valence-corrected chi connectivity index (χ3v) is 1.67. The van der Waals surface area contributed by atoms with E-state index in [9.17, 15) is 0 Å². The van der Waals surface area contributed by atoms with Crippen molar-refractivity contribution in [2.24, 2.45) is 0 Å². The second-order valence-electron chi connectivity index (χ2n) is 2.72. The summed E-state index contributed by atoms with van der Waals surface area (Å²) >= 11 is 0. The van der Waals surface area contributed by atoms with Gasteiger partial charge in [-0.25, -0.2) is 0 Å². The molecule has 0 saturated heterocycles. The van der Waals surface area contributed by atoms with E-state index in [1.54, 1.807) is 0 Å². The van der Waals surface area contributed by atoms with Crippen LogP contribution < -0.4 is 0 Å². The standard InChI is InChI=1S/C10H18.Au/c1-3-5-7-9-10-8-6-4-2;/h1H,4-10H2,2H3;. The molecule has 0 heterocycles. The molecule has 0 unspecified atom stereocenters. The van der Waals surface area contributed by atoms with E-state index in [-0.39, 0.29) is 22.4 Å². The van der Waals surface area contributed by atoms with Crippen LogP contribution in [-0.2, 0) is 22.4 Å². The van der Waals surface area contributed by atoms with E-state index < -0.39 is 0 Å². The predicted octanol–water partition coefficient (Wildman–Crippen LogP) is 3.37. The van der Waals surface area contributed by atoms with Gasteiger partial charge in [-0.3, -0.25) is 0 Å². The molecule has 11 heavy (non-hydrogen) atoms. The summed E-state index contributed by atoms with van der Waals surface area (Å²) in [4.78, 5) is 0.